The van der Waals surface area contributed by atoms with Crippen LogP contribution in [0.5, 0.6) is 0 Å². The Hall–Kier alpha value is -2.45. The van der Waals surface area contributed by atoms with Crippen molar-refractivity contribution in [1.82, 2.24) is 14.8 Å². The minimum Gasteiger partial charge on any atom is -0.339 e. The van der Waals surface area contributed by atoms with E-state index in [9.17, 15) is 14.9 Å². The Kier molecular flexibility index (Phi) is 6.41. The van der Waals surface area contributed by atoms with Gasteiger partial charge in [-0.05, 0) is 36.8 Å². The Balaban J connectivity index is 1.48. The van der Waals surface area contributed by atoms with Gasteiger partial charge in [-0.3, -0.25) is 24.8 Å². The first-order valence-electron chi connectivity index (χ1n) is 8.84. The van der Waals surface area contributed by atoms with Crippen molar-refractivity contribution in [2.45, 2.75) is 23.6 Å². The summed E-state index contributed by atoms with van der Waals surface area (Å²) >= 11 is 1.43. The second-order valence-corrected chi connectivity index (χ2v) is 7.88. The van der Waals surface area contributed by atoms with Gasteiger partial charge in [-0.2, -0.15) is 0 Å². The van der Waals surface area contributed by atoms with Crippen LogP contribution < -0.4 is 0 Å². The lowest BCUT2D eigenvalue weighted by Gasteiger charge is -2.35. The van der Waals surface area contributed by atoms with Crippen LogP contribution in [0.3, 0.4) is 0 Å². The summed E-state index contributed by atoms with van der Waals surface area (Å²) in [5.41, 5.74) is 1.29. The zero-order chi connectivity index (χ0) is 19.2. The van der Waals surface area contributed by atoms with Gasteiger partial charge in [0.15, 0.2) is 0 Å². The number of hydrogen-bond acceptors (Lipinski definition) is 6. The monoisotopic (exact) mass is 386 g/mol. The fourth-order valence-electron chi connectivity index (χ4n) is 3.03. The van der Waals surface area contributed by atoms with Crippen LogP contribution in [0.1, 0.15) is 12.5 Å². The van der Waals surface area contributed by atoms with E-state index in [0.29, 0.717) is 0 Å². The minimum absolute atomic E-state index is 0.0589. The second kappa shape index (κ2) is 8.96. The molecule has 1 aromatic carbocycles. The molecule has 1 aliphatic heterocycles. The number of nitrogens with zero attached hydrogens (tertiary/aromatic N) is 4. The van der Waals surface area contributed by atoms with E-state index >= 15 is 0 Å². The fraction of sp³-hybridized carbons (Fsp3) is 0.368. The number of piperazine rings is 1. The van der Waals surface area contributed by atoms with E-state index in [1.54, 1.807) is 24.5 Å². The maximum Gasteiger partial charge on any atom is 0.269 e. The van der Waals surface area contributed by atoms with Crippen molar-refractivity contribution in [1.29, 1.82) is 0 Å². The summed E-state index contributed by atoms with van der Waals surface area (Å²) in [6, 6.07) is 10.4. The molecule has 2 heterocycles. The molecular formula is C19H22N4O3S. The summed E-state index contributed by atoms with van der Waals surface area (Å²) in [6.07, 6.45) is 3.60. The van der Waals surface area contributed by atoms with Crippen LogP contribution in [0.2, 0.25) is 0 Å². The quantitative estimate of drug-likeness (QED) is 0.431. The van der Waals surface area contributed by atoms with Crippen LogP contribution in [0.25, 0.3) is 0 Å². The molecule has 0 aliphatic carbocycles. The van der Waals surface area contributed by atoms with Crippen LogP contribution in [0.15, 0.2) is 53.7 Å². The lowest BCUT2D eigenvalue weighted by Crippen LogP contribution is -2.50. The van der Waals surface area contributed by atoms with Crippen molar-refractivity contribution in [2.75, 3.05) is 26.2 Å². The van der Waals surface area contributed by atoms with Crippen molar-refractivity contribution in [3.05, 3.63) is 64.5 Å². The maximum atomic E-state index is 12.7. The number of aromatic nitrogens is 1. The molecule has 0 saturated carbocycles. The number of rotatable bonds is 6. The molecule has 27 heavy (non-hydrogen) atoms. The number of carbonyl (C=O) groups is 1. The maximum absolute atomic E-state index is 12.7. The molecule has 142 valence electrons. The second-order valence-electron chi connectivity index (χ2n) is 6.47. The fourth-order valence-corrected chi connectivity index (χ4v) is 3.98. The zero-order valence-corrected chi connectivity index (χ0v) is 16.0. The number of thioether (sulfide) groups is 1. The van der Waals surface area contributed by atoms with Crippen LogP contribution in [-0.4, -0.2) is 57.0 Å². The first-order chi connectivity index (χ1) is 13.0. The molecule has 1 saturated heterocycles. The Morgan fingerprint density at radius 1 is 1.15 bits per heavy atom. The highest BCUT2D eigenvalue weighted by atomic mass is 32.2. The van der Waals surface area contributed by atoms with Gasteiger partial charge in [0.25, 0.3) is 5.69 Å². The molecule has 1 atom stereocenters. The summed E-state index contributed by atoms with van der Waals surface area (Å²) in [6.45, 7) is 5.89. The van der Waals surface area contributed by atoms with E-state index < -0.39 is 4.92 Å². The standard InChI is InChI=1S/C19H22N4O3S/c1-15(27-18-4-2-17(3-5-18)23(25)26)19(24)22-12-10-21(11-13-22)14-16-6-8-20-9-7-16/h2-9,15H,10-14H2,1H3/t15-/m0/s1. The van der Waals surface area contributed by atoms with Gasteiger partial charge in [0.2, 0.25) is 5.91 Å². The lowest BCUT2D eigenvalue weighted by atomic mass is 10.2. The number of nitro groups is 1. The number of benzene rings is 1. The molecule has 2 aromatic rings. The number of amides is 1. The smallest absolute Gasteiger partial charge is 0.269 e. The molecule has 0 N–H and O–H groups in total. The minimum atomic E-state index is -0.422. The Bertz CT molecular complexity index is 777. The number of hydrogen-bond donors (Lipinski definition) is 0. The molecule has 1 amide bonds. The van der Waals surface area contributed by atoms with Crippen LogP contribution in [0, 0.1) is 10.1 Å². The van der Waals surface area contributed by atoms with Crippen molar-refractivity contribution in [3.8, 4) is 0 Å². The third-order valence-corrected chi connectivity index (χ3v) is 5.65. The molecular weight excluding hydrogens is 364 g/mol. The molecule has 1 aromatic heterocycles. The Labute approximate surface area is 162 Å². The molecule has 8 heteroatoms. The first-order valence-corrected chi connectivity index (χ1v) is 9.72. The van der Waals surface area contributed by atoms with E-state index in [1.807, 2.05) is 24.0 Å². The third kappa shape index (κ3) is 5.27. The topological polar surface area (TPSA) is 79.6 Å². The molecule has 0 unspecified atom stereocenters. The van der Waals surface area contributed by atoms with Crippen molar-refractivity contribution < 1.29 is 9.72 Å². The Morgan fingerprint density at radius 2 is 1.78 bits per heavy atom. The largest absolute Gasteiger partial charge is 0.339 e. The Morgan fingerprint density at radius 3 is 2.37 bits per heavy atom. The highest BCUT2D eigenvalue weighted by Gasteiger charge is 2.25. The van der Waals surface area contributed by atoms with Gasteiger partial charge in [-0.1, -0.05) is 0 Å². The van der Waals surface area contributed by atoms with Gasteiger partial charge in [0.05, 0.1) is 10.2 Å². The predicted molar refractivity (Wildman–Crippen MR) is 105 cm³/mol. The third-order valence-electron chi connectivity index (χ3n) is 4.55. The predicted octanol–water partition coefficient (Wildman–Crippen LogP) is 2.81. The zero-order valence-electron chi connectivity index (χ0n) is 15.2. The molecule has 3 rings (SSSR count). The molecule has 0 radical (unpaired) electrons. The van der Waals surface area contributed by atoms with E-state index in [4.69, 9.17) is 0 Å². The molecule has 7 nitrogen and oxygen atoms in total. The van der Waals surface area contributed by atoms with Crippen molar-refractivity contribution >= 4 is 23.4 Å². The van der Waals surface area contributed by atoms with Crippen LogP contribution in [0.4, 0.5) is 5.69 Å². The van der Waals surface area contributed by atoms with Crippen LogP contribution >= 0.6 is 11.8 Å². The SMILES string of the molecule is C[C@H](Sc1ccc([N+](=O)[O-])cc1)C(=O)N1CCN(Cc2ccncc2)CC1. The molecule has 0 bridgehead atoms. The number of non-ortho nitro benzene ring substituents is 1. The average Bonchev–Trinajstić information content (AvgIpc) is 2.69. The van der Waals surface area contributed by atoms with E-state index in [0.717, 1.165) is 37.6 Å². The molecule has 0 spiro atoms. The van der Waals surface area contributed by atoms with Gasteiger partial charge in [-0.15, -0.1) is 11.8 Å². The summed E-state index contributed by atoms with van der Waals surface area (Å²) < 4.78 is 0. The van der Waals surface area contributed by atoms with E-state index in [-0.39, 0.29) is 16.8 Å². The summed E-state index contributed by atoms with van der Waals surface area (Å²) in [5, 5.41) is 10.5. The van der Waals surface area contributed by atoms with Crippen LogP contribution in [-0.2, 0) is 11.3 Å². The molecule has 1 aliphatic rings. The van der Waals surface area contributed by atoms with E-state index in [1.165, 1.54) is 29.5 Å². The number of nitro benzene ring substituents is 1. The van der Waals surface area contributed by atoms with Crippen molar-refractivity contribution in [2.24, 2.45) is 0 Å². The van der Waals surface area contributed by atoms with Gasteiger partial charge < -0.3 is 4.90 Å². The van der Waals surface area contributed by atoms with E-state index in [2.05, 4.69) is 9.88 Å². The number of pyridine rings is 1. The van der Waals surface area contributed by atoms with Gasteiger partial charge in [0.1, 0.15) is 0 Å². The average molecular weight is 386 g/mol. The van der Waals surface area contributed by atoms with Gasteiger partial charge >= 0.3 is 0 Å². The summed E-state index contributed by atoms with van der Waals surface area (Å²) in [7, 11) is 0. The summed E-state index contributed by atoms with van der Waals surface area (Å²) in [4.78, 5) is 32.2. The van der Waals surface area contributed by atoms with Gasteiger partial charge in [0, 0.05) is 62.1 Å². The van der Waals surface area contributed by atoms with Crippen molar-refractivity contribution in [3.63, 3.8) is 0 Å². The normalized spacial score (nSPS) is 16.1. The van der Waals surface area contributed by atoms with Gasteiger partial charge in [-0.25, -0.2) is 0 Å². The first kappa shape index (κ1) is 19.3. The highest BCUT2D eigenvalue weighted by molar-refractivity contribution is 8.00. The highest BCUT2D eigenvalue weighted by Crippen LogP contribution is 2.26. The summed E-state index contributed by atoms with van der Waals surface area (Å²) in [5.74, 6) is 0.113. The lowest BCUT2D eigenvalue weighted by molar-refractivity contribution is -0.384. The number of carbonyl (C=O) groups excluding carboxylic acids is 1. The molecule has 1 fully saturated rings.